The molecular weight excluding hydrogens is 342 g/mol. The van der Waals surface area contributed by atoms with Crippen molar-refractivity contribution in [2.75, 3.05) is 18.5 Å². The topological polar surface area (TPSA) is 64.6 Å². The van der Waals surface area contributed by atoms with Gasteiger partial charge < -0.3 is 9.47 Å². The minimum absolute atomic E-state index is 0. The van der Waals surface area contributed by atoms with E-state index in [1.165, 1.54) is 16.7 Å². The molecular formula is C22H33NO4. The van der Waals surface area contributed by atoms with Gasteiger partial charge in [-0.25, -0.2) is 9.59 Å². The molecule has 0 fully saturated rings. The molecule has 1 rings (SSSR count). The number of nitrogens with one attached hydrogen (secondary N) is 1. The van der Waals surface area contributed by atoms with Crippen LogP contribution >= 0.6 is 0 Å². The molecule has 1 aromatic rings. The van der Waals surface area contributed by atoms with Crippen molar-refractivity contribution in [3.8, 4) is 0 Å². The standard InChI is InChI=1S/C22H31NO4.H2/c1-7-19(15(3)4)21(16(5)6)17-9-11-18(12-10-17)23-22(25)27-14-13-26-20(24)8-2;/h8-12,15-16H,2,7,13-14H2,1,3-6H3,(H,23,25);1H/b21-19+;. The summed E-state index contributed by atoms with van der Waals surface area (Å²) in [6.45, 7) is 14.3. The maximum Gasteiger partial charge on any atom is 0.411 e. The molecule has 0 aliphatic rings. The second kappa shape index (κ2) is 11.2. The van der Waals surface area contributed by atoms with Gasteiger partial charge in [0.15, 0.2) is 0 Å². The fraction of sp³-hybridized carbons (Fsp3) is 0.455. The van der Waals surface area contributed by atoms with Gasteiger partial charge in [-0.3, -0.25) is 5.32 Å². The summed E-state index contributed by atoms with van der Waals surface area (Å²) in [5.74, 6) is 0.372. The van der Waals surface area contributed by atoms with Gasteiger partial charge in [-0.15, -0.1) is 0 Å². The van der Waals surface area contributed by atoms with Crippen LogP contribution in [-0.2, 0) is 14.3 Å². The second-order valence-electron chi connectivity index (χ2n) is 6.81. The first-order valence-electron chi connectivity index (χ1n) is 9.36. The van der Waals surface area contributed by atoms with Crippen LogP contribution in [0.15, 0.2) is 42.5 Å². The van der Waals surface area contributed by atoms with Crippen LogP contribution in [0.4, 0.5) is 10.5 Å². The maximum atomic E-state index is 11.8. The quantitative estimate of drug-likeness (QED) is 0.342. The number of anilines is 1. The lowest BCUT2D eigenvalue weighted by molar-refractivity contribution is -0.138. The number of ether oxygens (including phenoxy) is 2. The minimum atomic E-state index is -0.589. The molecule has 1 N–H and O–H groups in total. The smallest absolute Gasteiger partial charge is 0.411 e. The lowest BCUT2D eigenvalue weighted by Gasteiger charge is -2.21. The number of allylic oxidation sites excluding steroid dienone is 2. The summed E-state index contributed by atoms with van der Waals surface area (Å²) < 4.78 is 9.71. The van der Waals surface area contributed by atoms with Crippen LogP contribution in [-0.4, -0.2) is 25.3 Å². The summed E-state index contributed by atoms with van der Waals surface area (Å²) in [6, 6.07) is 7.78. The number of rotatable bonds is 9. The van der Waals surface area contributed by atoms with Crippen molar-refractivity contribution in [1.82, 2.24) is 0 Å². The zero-order chi connectivity index (χ0) is 20.4. The molecule has 0 aliphatic carbocycles. The van der Waals surface area contributed by atoms with Crippen LogP contribution in [0.25, 0.3) is 5.57 Å². The molecule has 0 aliphatic heterocycles. The zero-order valence-electron chi connectivity index (χ0n) is 17.0. The molecule has 0 aromatic heterocycles. The molecule has 5 nitrogen and oxygen atoms in total. The molecule has 5 heteroatoms. The van der Waals surface area contributed by atoms with Crippen LogP contribution in [0.2, 0.25) is 0 Å². The number of benzene rings is 1. The predicted molar refractivity (Wildman–Crippen MR) is 112 cm³/mol. The molecule has 0 unspecified atom stereocenters. The van der Waals surface area contributed by atoms with Gasteiger partial charge in [0.2, 0.25) is 0 Å². The Kier molecular flexibility index (Phi) is 9.34. The van der Waals surface area contributed by atoms with Crippen LogP contribution in [0.1, 0.15) is 48.0 Å². The molecule has 27 heavy (non-hydrogen) atoms. The van der Waals surface area contributed by atoms with E-state index < -0.39 is 12.1 Å². The monoisotopic (exact) mass is 375 g/mol. The SMILES string of the molecule is C=CC(=O)OCCOC(=O)Nc1ccc(/C(=C(\CC)C(C)C)C(C)C)cc1.[HH]. The van der Waals surface area contributed by atoms with Gasteiger partial charge >= 0.3 is 12.1 Å². The van der Waals surface area contributed by atoms with Crippen molar-refractivity contribution in [2.45, 2.75) is 41.0 Å². The second-order valence-corrected chi connectivity index (χ2v) is 6.81. The van der Waals surface area contributed by atoms with Gasteiger partial charge in [-0.05, 0) is 41.5 Å². The molecule has 0 atom stereocenters. The highest BCUT2D eigenvalue weighted by molar-refractivity contribution is 5.85. The Morgan fingerprint density at radius 3 is 2.15 bits per heavy atom. The van der Waals surface area contributed by atoms with E-state index in [2.05, 4.69) is 46.5 Å². The zero-order valence-corrected chi connectivity index (χ0v) is 17.0. The molecule has 150 valence electrons. The van der Waals surface area contributed by atoms with Crippen molar-refractivity contribution in [1.29, 1.82) is 0 Å². The third kappa shape index (κ3) is 7.29. The lowest BCUT2D eigenvalue weighted by Crippen LogP contribution is -2.17. The Hall–Kier alpha value is -2.56. The number of hydrogen-bond donors (Lipinski definition) is 1. The normalized spacial score (nSPS) is 11.8. The van der Waals surface area contributed by atoms with Gasteiger partial charge in [-0.1, -0.05) is 58.9 Å². The third-order valence-electron chi connectivity index (χ3n) is 4.17. The van der Waals surface area contributed by atoms with Crippen molar-refractivity contribution in [2.24, 2.45) is 11.8 Å². The summed E-state index contributed by atoms with van der Waals surface area (Å²) in [5, 5.41) is 2.67. The number of hydrogen-bond acceptors (Lipinski definition) is 4. The van der Waals surface area contributed by atoms with Crippen LogP contribution in [0, 0.1) is 11.8 Å². The molecule has 0 spiro atoms. The van der Waals surface area contributed by atoms with Gasteiger partial charge in [0, 0.05) is 13.2 Å². The van der Waals surface area contributed by atoms with Crippen LogP contribution in [0.3, 0.4) is 0 Å². The largest absolute Gasteiger partial charge is 0.459 e. The van der Waals surface area contributed by atoms with E-state index in [9.17, 15) is 9.59 Å². The van der Waals surface area contributed by atoms with Crippen molar-refractivity contribution in [3.63, 3.8) is 0 Å². The average molecular weight is 376 g/mol. The van der Waals surface area contributed by atoms with E-state index in [-0.39, 0.29) is 14.6 Å². The van der Waals surface area contributed by atoms with Gasteiger partial charge in [-0.2, -0.15) is 0 Å². The number of amides is 1. The highest BCUT2D eigenvalue weighted by Crippen LogP contribution is 2.32. The van der Waals surface area contributed by atoms with Crippen molar-refractivity contribution >= 4 is 23.3 Å². The van der Waals surface area contributed by atoms with Gasteiger partial charge in [0.05, 0.1) is 0 Å². The number of carbonyl (C=O) groups excluding carboxylic acids is 2. The predicted octanol–water partition coefficient (Wildman–Crippen LogP) is 5.69. The van der Waals surface area contributed by atoms with Crippen molar-refractivity contribution < 1.29 is 20.5 Å². The highest BCUT2D eigenvalue weighted by atomic mass is 16.6. The molecule has 0 saturated carbocycles. The van der Waals surface area contributed by atoms with E-state index >= 15 is 0 Å². The molecule has 1 amide bonds. The first-order valence-corrected chi connectivity index (χ1v) is 9.36. The highest BCUT2D eigenvalue weighted by Gasteiger charge is 2.15. The van der Waals surface area contributed by atoms with Crippen LogP contribution in [0.5, 0.6) is 0 Å². The van der Waals surface area contributed by atoms with E-state index in [0.717, 1.165) is 12.5 Å². The van der Waals surface area contributed by atoms with E-state index in [1.54, 1.807) is 0 Å². The van der Waals surface area contributed by atoms with E-state index in [4.69, 9.17) is 9.47 Å². The Labute approximate surface area is 163 Å². The first-order chi connectivity index (χ1) is 12.8. The fourth-order valence-electron chi connectivity index (χ4n) is 3.02. The molecule has 0 heterocycles. The first kappa shape index (κ1) is 22.5. The average Bonchev–Trinajstić information content (AvgIpc) is 2.63. The van der Waals surface area contributed by atoms with Gasteiger partial charge in [0.1, 0.15) is 13.2 Å². The Morgan fingerprint density at radius 1 is 1.07 bits per heavy atom. The number of esters is 1. The minimum Gasteiger partial charge on any atom is -0.459 e. The Balaban J connectivity index is 0.00000729. The summed E-state index contributed by atoms with van der Waals surface area (Å²) >= 11 is 0. The Morgan fingerprint density at radius 2 is 1.67 bits per heavy atom. The summed E-state index contributed by atoms with van der Waals surface area (Å²) in [7, 11) is 0. The summed E-state index contributed by atoms with van der Waals surface area (Å²) in [4.78, 5) is 22.7. The van der Waals surface area contributed by atoms with Gasteiger partial charge in [0.25, 0.3) is 0 Å². The lowest BCUT2D eigenvalue weighted by atomic mass is 9.85. The molecule has 0 radical (unpaired) electrons. The maximum absolute atomic E-state index is 11.8. The molecule has 0 bridgehead atoms. The van der Waals surface area contributed by atoms with Crippen LogP contribution < -0.4 is 5.32 Å². The van der Waals surface area contributed by atoms with E-state index in [1.807, 2.05) is 24.3 Å². The number of carbonyl (C=O) groups is 2. The van der Waals surface area contributed by atoms with E-state index in [0.29, 0.717) is 17.5 Å². The molecule has 0 saturated heterocycles. The summed E-state index contributed by atoms with van der Waals surface area (Å²) in [6.07, 6.45) is 1.49. The molecule has 1 aromatic carbocycles. The van der Waals surface area contributed by atoms with Crippen molar-refractivity contribution in [3.05, 3.63) is 48.1 Å². The third-order valence-corrected chi connectivity index (χ3v) is 4.17. The fourth-order valence-corrected chi connectivity index (χ4v) is 3.02. The Bertz CT molecular complexity index is 678. The summed E-state index contributed by atoms with van der Waals surface area (Å²) in [5.41, 5.74) is 4.65.